The van der Waals surface area contributed by atoms with Crippen molar-refractivity contribution < 1.29 is 13.5 Å². The third-order valence-electron chi connectivity index (χ3n) is 2.48. The molecule has 0 aliphatic rings. The van der Waals surface area contributed by atoms with Crippen LogP contribution in [0.2, 0.25) is 0 Å². The van der Waals surface area contributed by atoms with E-state index in [1.807, 2.05) is 6.92 Å². The summed E-state index contributed by atoms with van der Waals surface area (Å²) in [4.78, 5) is 1.31. The van der Waals surface area contributed by atoms with Crippen molar-refractivity contribution in [2.24, 2.45) is 0 Å². The minimum Gasteiger partial charge on any atom is -0.396 e. The summed E-state index contributed by atoms with van der Waals surface area (Å²) >= 11 is 1.63. The van der Waals surface area contributed by atoms with Crippen LogP contribution in [0, 0.1) is 0 Å². The van der Waals surface area contributed by atoms with Gasteiger partial charge in [0.1, 0.15) is 0 Å². The molecule has 0 heterocycles. The van der Waals surface area contributed by atoms with Gasteiger partial charge in [0.2, 0.25) is 10.0 Å². The van der Waals surface area contributed by atoms with E-state index < -0.39 is 10.0 Å². The molecule has 1 aromatic carbocycles. The first-order valence-corrected chi connectivity index (χ1v) is 8.00. The number of nitrogens with zero attached hydrogens (tertiary/aromatic N) is 1. The van der Waals surface area contributed by atoms with Crippen LogP contribution in [0.4, 0.5) is 0 Å². The molecule has 0 radical (unpaired) electrons. The SMILES string of the molecule is CC(CCO)Sc1ccc(S(=O)(=O)N(C)C)cc1. The molecule has 0 fully saturated rings. The van der Waals surface area contributed by atoms with E-state index in [1.54, 1.807) is 36.0 Å². The highest BCUT2D eigenvalue weighted by Gasteiger charge is 2.16. The molecule has 102 valence electrons. The minimum absolute atomic E-state index is 0.168. The highest BCUT2D eigenvalue weighted by atomic mass is 32.2. The van der Waals surface area contributed by atoms with Gasteiger partial charge in [0.05, 0.1) is 4.90 Å². The third kappa shape index (κ3) is 3.98. The molecule has 1 aromatic rings. The third-order valence-corrected chi connectivity index (χ3v) is 5.49. The van der Waals surface area contributed by atoms with Crippen LogP contribution >= 0.6 is 11.8 Å². The van der Waals surface area contributed by atoms with E-state index in [0.717, 1.165) is 11.3 Å². The summed E-state index contributed by atoms with van der Waals surface area (Å²) in [5.41, 5.74) is 0. The largest absolute Gasteiger partial charge is 0.396 e. The molecule has 0 aromatic heterocycles. The van der Waals surface area contributed by atoms with Crippen molar-refractivity contribution in [3.05, 3.63) is 24.3 Å². The number of sulfonamides is 1. The highest BCUT2D eigenvalue weighted by Crippen LogP contribution is 2.26. The lowest BCUT2D eigenvalue weighted by Crippen LogP contribution is -2.22. The summed E-state index contributed by atoms with van der Waals surface area (Å²) in [5, 5.41) is 9.14. The molecule has 0 saturated heterocycles. The van der Waals surface area contributed by atoms with Crippen molar-refractivity contribution in [2.75, 3.05) is 20.7 Å². The molecule has 0 aliphatic carbocycles. The normalized spacial score (nSPS) is 13.8. The van der Waals surface area contributed by atoms with Crippen LogP contribution in [0.3, 0.4) is 0 Å². The standard InChI is InChI=1S/C12H19NO3S2/c1-10(8-9-14)17-11-4-6-12(7-5-11)18(15,16)13(2)3/h4-7,10,14H,8-9H2,1-3H3. The fourth-order valence-electron chi connectivity index (χ4n) is 1.37. The molecule has 0 bridgehead atoms. The lowest BCUT2D eigenvalue weighted by Gasteiger charge is -2.12. The van der Waals surface area contributed by atoms with E-state index >= 15 is 0 Å². The zero-order valence-corrected chi connectivity index (χ0v) is 12.5. The number of aliphatic hydroxyl groups is 1. The minimum atomic E-state index is -3.35. The average Bonchev–Trinajstić information content (AvgIpc) is 2.29. The number of rotatable bonds is 6. The van der Waals surface area contributed by atoms with Crippen molar-refractivity contribution in [3.63, 3.8) is 0 Å². The van der Waals surface area contributed by atoms with Crippen LogP contribution < -0.4 is 0 Å². The van der Waals surface area contributed by atoms with Crippen LogP contribution in [0.25, 0.3) is 0 Å². The lowest BCUT2D eigenvalue weighted by molar-refractivity contribution is 0.289. The molecule has 0 aliphatic heterocycles. The maximum absolute atomic E-state index is 11.9. The molecule has 1 rings (SSSR count). The maximum Gasteiger partial charge on any atom is 0.242 e. The van der Waals surface area contributed by atoms with Gasteiger partial charge >= 0.3 is 0 Å². The molecule has 6 heteroatoms. The predicted molar refractivity (Wildman–Crippen MR) is 74.3 cm³/mol. The second-order valence-electron chi connectivity index (χ2n) is 4.20. The summed E-state index contributed by atoms with van der Waals surface area (Å²) in [7, 11) is -0.318. The van der Waals surface area contributed by atoms with Crippen LogP contribution in [0.15, 0.2) is 34.1 Å². The van der Waals surface area contributed by atoms with Crippen molar-refractivity contribution in [3.8, 4) is 0 Å². The van der Waals surface area contributed by atoms with Gasteiger partial charge in [-0.1, -0.05) is 6.92 Å². The Kier molecular flexibility index (Phi) is 5.65. The Morgan fingerprint density at radius 2 is 1.83 bits per heavy atom. The van der Waals surface area contributed by atoms with E-state index in [0.29, 0.717) is 10.1 Å². The Hall–Kier alpha value is -0.560. The van der Waals surface area contributed by atoms with Crippen molar-refractivity contribution >= 4 is 21.8 Å². The molecular weight excluding hydrogens is 270 g/mol. The highest BCUT2D eigenvalue weighted by molar-refractivity contribution is 8.00. The lowest BCUT2D eigenvalue weighted by atomic mass is 10.3. The summed E-state index contributed by atoms with van der Waals surface area (Å²) in [6.45, 7) is 2.20. The topological polar surface area (TPSA) is 57.6 Å². The first-order chi connectivity index (χ1) is 8.37. The van der Waals surface area contributed by atoms with E-state index in [1.165, 1.54) is 18.4 Å². The molecule has 0 saturated carbocycles. The fraction of sp³-hybridized carbons (Fsp3) is 0.500. The number of hydrogen-bond donors (Lipinski definition) is 1. The molecule has 0 spiro atoms. The zero-order chi connectivity index (χ0) is 13.8. The summed E-state index contributed by atoms with van der Waals surface area (Å²) in [6.07, 6.45) is 0.725. The summed E-state index contributed by atoms with van der Waals surface area (Å²) in [6, 6.07) is 6.83. The Balaban J connectivity index is 2.81. The smallest absolute Gasteiger partial charge is 0.242 e. The zero-order valence-electron chi connectivity index (χ0n) is 10.8. The number of benzene rings is 1. The van der Waals surface area contributed by atoms with Gasteiger partial charge in [-0.2, -0.15) is 0 Å². The molecule has 18 heavy (non-hydrogen) atoms. The Morgan fingerprint density at radius 3 is 2.28 bits per heavy atom. The van der Waals surface area contributed by atoms with Crippen molar-refractivity contribution in [2.45, 2.75) is 28.4 Å². The van der Waals surface area contributed by atoms with Gasteiger partial charge in [-0.15, -0.1) is 11.8 Å². The first kappa shape index (κ1) is 15.5. The van der Waals surface area contributed by atoms with Gasteiger partial charge in [-0.3, -0.25) is 0 Å². The van der Waals surface area contributed by atoms with Gasteiger partial charge in [0.15, 0.2) is 0 Å². The quantitative estimate of drug-likeness (QED) is 0.811. The predicted octanol–water partition coefficient (Wildman–Crippen LogP) is 1.80. The second kappa shape index (κ2) is 6.56. The van der Waals surface area contributed by atoms with Crippen molar-refractivity contribution in [1.29, 1.82) is 0 Å². The van der Waals surface area contributed by atoms with E-state index in [9.17, 15) is 8.42 Å². The van der Waals surface area contributed by atoms with Gasteiger partial charge in [-0.25, -0.2) is 12.7 Å². The number of hydrogen-bond acceptors (Lipinski definition) is 4. The molecule has 4 nitrogen and oxygen atoms in total. The Bertz CT molecular complexity index is 469. The number of aliphatic hydroxyl groups excluding tert-OH is 1. The van der Waals surface area contributed by atoms with Gasteiger partial charge in [0.25, 0.3) is 0 Å². The average molecular weight is 289 g/mol. The first-order valence-electron chi connectivity index (χ1n) is 5.68. The molecule has 1 N–H and O–H groups in total. The van der Waals surface area contributed by atoms with Gasteiger partial charge in [0, 0.05) is 30.8 Å². The van der Waals surface area contributed by atoms with Crippen LogP contribution in [0.5, 0.6) is 0 Å². The van der Waals surface area contributed by atoms with Gasteiger partial charge < -0.3 is 5.11 Å². The fourth-order valence-corrected chi connectivity index (χ4v) is 3.26. The Morgan fingerprint density at radius 1 is 1.28 bits per heavy atom. The molecule has 1 unspecified atom stereocenters. The molecule has 1 atom stereocenters. The molecular formula is C12H19NO3S2. The van der Waals surface area contributed by atoms with E-state index in [2.05, 4.69) is 0 Å². The number of thioether (sulfide) groups is 1. The van der Waals surface area contributed by atoms with Crippen LogP contribution in [0.1, 0.15) is 13.3 Å². The van der Waals surface area contributed by atoms with E-state index in [-0.39, 0.29) is 6.61 Å². The summed E-state index contributed by atoms with van der Waals surface area (Å²) in [5.74, 6) is 0. The van der Waals surface area contributed by atoms with E-state index in [4.69, 9.17) is 5.11 Å². The van der Waals surface area contributed by atoms with Gasteiger partial charge in [-0.05, 0) is 30.7 Å². The maximum atomic E-state index is 11.9. The van der Waals surface area contributed by atoms with Crippen molar-refractivity contribution in [1.82, 2.24) is 4.31 Å². The molecule has 0 amide bonds. The second-order valence-corrected chi connectivity index (χ2v) is 7.86. The Labute approximate surface area is 113 Å². The van der Waals surface area contributed by atoms with Crippen LogP contribution in [-0.2, 0) is 10.0 Å². The van der Waals surface area contributed by atoms with Crippen LogP contribution in [-0.4, -0.2) is 43.8 Å². The monoisotopic (exact) mass is 289 g/mol. The summed E-state index contributed by atoms with van der Waals surface area (Å²) < 4.78 is 24.9.